The molecule has 3 nitrogen and oxygen atoms in total. The van der Waals surface area contributed by atoms with Crippen molar-refractivity contribution in [1.82, 2.24) is 9.97 Å². The van der Waals surface area contributed by atoms with Gasteiger partial charge in [0.05, 0.1) is 5.03 Å². The van der Waals surface area contributed by atoms with Crippen LogP contribution in [0, 0.1) is 5.82 Å². The molecule has 2 rings (SSSR count). The fraction of sp³-hybridized carbons (Fsp3) is 0.167. The first kappa shape index (κ1) is 12.0. The van der Waals surface area contributed by atoms with E-state index in [1.54, 1.807) is 12.3 Å². The lowest BCUT2D eigenvalue weighted by Gasteiger charge is -2.13. The molecule has 0 saturated heterocycles. The number of rotatable bonds is 4. The molecule has 1 aromatic heterocycles. The Labute approximate surface area is 103 Å². The third-order valence-electron chi connectivity index (χ3n) is 2.25. The number of benzene rings is 1. The van der Waals surface area contributed by atoms with Crippen LogP contribution in [-0.4, -0.2) is 16.5 Å². The van der Waals surface area contributed by atoms with Gasteiger partial charge in [0, 0.05) is 18.0 Å². The maximum absolute atomic E-state index is 13.1. The maximum Gasteiger partial charge on any atom is 0.123 e. The van der Waals surface area contributed by atoms with E-state index in [1.165, 1.54) is 30.2 Å². The molecule has 0 bridgehead atoms. The van der Waals surface area contributed by atoms with E-state index in [-0.39, 0.29) is 11.1 Å². The standard InChI is InChI=1S/C12H12FN3S/c13-10-3-1-2-9(6-10)11(7-14)17-12-4-5-15-8-16-12/h1-6,8,11H,7,14H2. The van der Waals surface area contributed by atoms with Crippen LogP contribution in [0.15, 0.2) is 47.9 Å². The van der Waals surface area contributed by atoms with Crippen molar-refractivity contribution in [2.24, 2.45) is 5.73 Å². The first-order valence-corrected chi connectivity index (χ1v) is 6.06. The summed E-state index contributed by atoms with van der Waals surface area (Å²) in [5, 5.41) is 0.834. The lowest BCUT2D eigenvalue weighted by Crippen LogP contribution is -2.09. The second-order valence-corrected chi connectivity index (χ2v) is 4.67. The highest BCUT2D eigenvalue weighted by Crippen LogP contribution is 2.32. The molecular formula is C12H12FN3S. The predicted molar refractivity (Wildman–Crippen MR) is 66.1 cm³/mol. The Bertz CT molecular complexity index is 478. The van der Waals surface area contributed by atoms with Crippen molar-refractivity contribution in [2.75, 3.05) is 6.54 Å². The Hall–Kier alpha value is -1.46. The monoisotopic (exact) mass is 249 g/mol. The SMILES string of the molecule is NCC(Sc1ccncn1)c1cccc(F)c1. The van der Waals surface area contributed by atoms with Crippen molar-refractivity contribution in [3.8, 4) is 0 Å². The van der Waals surface area contributed by atoms with Gasteiger partial charge in [0.1, 0.15) is 12.1 Å². The van der Waals surface area contributed by atoms with E-state index in [0.717, 1.165) is 10.6 Å². The Kier molecular flexibility index (Phi) is 4.06. The van der Waals surface area contributed by atoms with E-state index in [0.29, 0.717) is 6.54 Å². The lowest BCUT2D eigenvalue weighted by atomic mass is 10.1. The number of halogens is 1. The molecule has 0 amide bonds. The van der Waals surface area contributed by atoms with E-state index in [9.17, 15) is 4.39 Å². The molecule has 0 radical (unpaired) electrons. The minimum Gasteiger partial charge on any atom is -0.329 e. The Balaban J connectivity index is 2.17. The van der Waals surface area contributed by atoms with Gasteiger partial charge in [0.15, 0.2) is 0 Å². The minimum atomic E-state index is -0.246. The van der Waals surface area contributed by atoms with Crippen LogP contribution in [0.5, 0.6) is 0 Å². The number of nitrogens with two attached hydrogens (primary N) is 1. The van der Waals surface area contributed by atoms with E-state index < -0.39 is 0 Å². The Morgan fingerprint density at radius 2 is 2.24 bits per heavy atom. The van der Waals surface area contributed by atoms with Crippen molar-refractivity contribution in [3.63, 3.8) is 0 Å². The zero-order valence-corrected chi connectivity index (χ0v) is 9.90. The quantitative estimate of drug-likeness (QED) is 0.668. The van der Waals surface area contributed by atoms with Crippen LogP contribution in [0.1, 0.15) is 10.8 Å². The first-order chi connectivity index (χ1) is 8.29. The van der Waals surface area contributed by atoms with Gasteiger partial charge in [-0.1, -0.05) is 23.9 Å². The molecule has 2 aromatic rings. The van der Waals surface area contributed by atoms with E-state index in [2.05, 4.69) is 9.97 Å². The summed E-state index contributed by atoms with van der Waals surface area (Å²) >= 11 is 1.51. The summed E-state index contributed by atoms with van der Waals surface area (Å²) in [5.74, 6) is -0.246. The summed E-state index contributed by atoms with van der Waals surface area (Å²) in [7, 11) is 0. The summed E-state index contributed by atoms with van der Waals surface area (Å²) in [5.41, 5.74) is 6.59. The van der Waals surface area contributed by atoms with Crippen molar-refractivity contribution in [3.05, 3.63) is 54.2 Å². The molecule has 1 unspecified atom stereocenters. The van der Waals surface area contributed by atoms with Gasteiger partial charge in [-0.15, -0.1) is 0 Å². The molecule has 2 N–H and O–H groups in total. The molecule has 0 saturated carbocycles. The van der Waals surface area contributed by atoms with Crippen molar-refractivity contribution in [2.45, 2.75) is 10.3 Å². The van der Waals surface area contributed by atoms with Crippen LogP contribution < -0.4 is 5.73 Å². The smallest absolute Gasteiger partial charge is 0.123 e. The van der Waals surface area contributed by atoms with Crippen molar-refractivity contribution in [1.29, 1.82) is 0 Å². The van der Waals surface area contributed by atoms with Crippen LogP contribution in [0.3, 0.4) is 0 Å². The van der Waals surface area contributed by atoms with Crippen molar-refractivity contribution < 1.29 is 4.39 Å². The summed E-state index contributed by atoms with van der Waals surface area (Å²) in [6.45, 7) is 0.429. The summed E-state index contributed by atoms with van der Waals surface area (Å²) in [4.78, 5) is 7.97. The number of nitrogens with zero attached hydrogens (tertiary/aromatic N) is 2. The first-order valence-electron chi connectivity index (χ1n) is 5.18. The van der Waals surface area contributed by atoms with Crippen LogP contribution in [0.25, 0.3) is 0 Å². The lowest BCUT2D eigenvalue weighted by molar-refractivity contribution is 0.625. The molecule has 0 aliphatic carbocycles. The normalized spacial score (nSPS) is 12.4. The topological polar surface area (TPSA) is 51.8 Å². The zero-order chi connectivity index (χ0) is 12.1. The Morgan fingerprint density at radius 3 is 2.88 bits per heavy atom. The summed E-state index contributed by atoms with van der Waals surface area (Å²) < 4.78 is 13.1. The number of thioether (sulfide) groups is 1. The van der Waals surface area contributed by atoms with Crippen LogP contribution in [0.4, 0.5) is 4.39 Å². The average molecular weight is 249 g/mol. The summed E-state index contributed by atoms with van der Waals surface area (Å²) in [6.07, 6.45) is 3.16. The van der Waals surface area contributed by atoms with Gasteiger partial charge >= 0.3 is 0 Å². The molecule has 1 aromatic carbocycles. The second kappa shape index (κ2) is 5.75. The van der Waals surface area contributed by atoms with Crippen LogP contribution in [0.2, 0.25) is 0 Å². The average Bonchev–Trinajstić information content (AvgIpc) is 2.37. The van der Waals surface area contributed by atoms with Gasteiger partial charge in [-0.25, -0.2) is 14.4 Å². The largest absolute Gasteiger partial charge is 0.329 e. The molecule has 5 heteroatoms. The third-order valence-corrected chi connectivity index (χ3v) is 3.48. The molecule has 1 atom stereocenters. The molecule has 0 aliphatic heterocycles. The predicted octanol–water partition coefficient (Wildman–Crippen LogP) is 2.41. The van der Waals surface area contributed by atoms with Gasteiger partial charge < -0.3 is 5.73 Å². The van der Waals surface area contributed by atoms with E-state index in [1.807, 2.05) is 12.1 Å². The second-order valence-electron chi connectivity index (χ2n) is 3.44. The number of hydrogen-bond acceptors (Lipinski definition) is 4. The van der Waals surface area contributed by atoms with Gasteiger partial charge in [-0.05, 0) is 23.8 Å². The molecule has 1 heterocycles. The molecule has 88 valence electrons. The maximum atomic E-state index is 13.1. The molecule has 17 heavy (non-hydrogen) atoms. The van der Waals surface area contributed by atoms with Crippen LogP contribution in [-0.2, 0) is 0 Å². The Morgan fingerprint density at radius 1 is 1.35 bits per heavy atom. The van der Waals surface area contributed by atoms with E-state index >= 15 is 0 Å². The number of aromatic nitrogens is 2. The van der Waals surface area contributed by atoms with Gasteiger partial charge in [-0.2, -0.15) is 0 Å². The number of hydrogen-bond donors (Lipinski definition) is 1. The van der Waals surface area contributed by atoms with Gasteiger partial charge in [0.25, 0.3) is 0 Å². The third kappa shape index (κ3) is 3.25. The summed E-state index contributed by atoms with van der Waals surface area (Å²) in [6, 6.07) is 8.30. The fourth-order valence-corrected chi connectivity index (χ4v) is 2.37. The molecule has 0 fully saturated rings. The van der Waals surface area contributed by atoms with Gasteiger partial charge in [-0.3, -0.25) is 0 Å². The van der Waals surface area contributed by atoms with E-state index in [4.69, 9.17) is 5.73 Å². The van der Waals surface area contributed by atoms with Crippen LogP contribution >= 0.6 is 11.8 Å². The van der Waals surface area contributed by atoms with Crippen molar-refractivity contribution >= 4 is 11.8 Å². The highest BCUT2D eigenvalue weighted by Gasteiger charge is 2.12. The minimum absolute atomic E-state index is 0.000556. The highest BCUT2D eigenvalue weighted by molar-refractivity contribution is 7.99. The zero-order valence-electron chi connectivity index (χ0n) is 9.08. The fourth-order valence-electron chi connectivity index (χ4n) is 1.45. The molecular weight excluding hydrogens is 237 g/mol. The van der Waals surface area contributed by atoms with Gasteiger partial charge in [0.2, 0.25) is 0 Å². The molecule has 0 spiro atoms. The highest BCUT2D eigenvalue weighted by atomic mass is 32.2. The molecule has 0 aliphatic rings.